The van der Waals surface area contributed by atoms with Crippen molar-refractivity contribution < 1.29 is 29.3 Å². The Bertz CT molecular complexity index is 562. The van der Waals surface area contributed by atoms with E-state index in [4.69, 9.17) is 26.4 Å². The number of hydrogen-bond donors (Lipinski definition) is 4. The molecular formula is C18H28N2O6. The monoisotopic (exact) mass is 368 g/mol. The SMILES string of the molecule is CC(C)C[C@H](N)C(=O)O.N[C@@H](CCC(=O)O)C(=O)OCc1ccccc1. The largest absolute Gasteiger partial charge is 0.481 e. The minimum absolute atomic E-state index is 0.0863. The first-order chi connectivity index (χ1) is 12.1. The molecule has 146 valence electrons. The van der Waals surface area contributed by atoms with E-state index in [1.807, 2.05) is 44.2 Å². The maximum absolute atomic E-state index is 11.4. The molecule has 0 aliphatic rings. The Balaban J connectivity index is 0.000000590. The Hall–Kier alpha value is -2.45. The average molecular weight is 368 g/mol. The van der Waals surface area contributed by atoms with Crippen molar-refractivity contribution in [2.75, 3.05) is 0 Å². The fourth-order valence-corrected chi connectivity index (χ4v) is 1.84. The summed E-state index contributed by atoms with van der Waals surface area (Å²) in [5.41, 5.74) is 11.6. The molecule has 0 aliphatic carbocycles. The van der Waals surface area contributed by atoms with E-state index in [-0.39, 0.29) is 19.4 Å². The molecule has 0 fully saturated rings. The molecule has 6 N–H and O–H groups in total. The highest BCUT2D eigenvalue weighted by molar-refractivity contribution is 5.76. The van der Waals surface area contributed by atoms with Crippen LogP contribution in [-0.2, 0) is 25.7 Å². The standard InChI is InChI=1S/C12H15NO4.C6H13NO2/c13-10(6-7-11(14)15)12(16)17-8-9-4-2-1-3-5-9;1-4(2)3-5(7)6(8)9/h1-5,10H,6-8,13H2,(H,14,15);4-5H,3,7H2,1-2H3,(H,8,9)/t10-;5-/m00/s1. The van der Waals surface area contributed by atoms with Gasteiger partial charge in [-0.2, -0.15) is 0 Å². The number of benzene rings is 1. The molecule has 26 heavy (non-hydrogen) atoms. The maximum atomic E-state index is 11.4. The zero-order chi connectivity index (χ0) is 20.1. The van der Waals surface area contributed by atoms with Crippen LogP contribution in [0.3, 0.4) is 0 Å². The third-order valence-corrected chi connectivity index (χ3v) is 3.24. The van der Waals surface area contributed by atoms with Crippen molar-refractivity contribution in [1.29, 1.82) is 0 Å². The molecule has 0 amide bonds. The van der Waals surface area contributed by atoms with Crippen molar-refractivity contribution in [3.05, 3.63) is 35.9 Å². The highest BCUT2D eigenvalue weighted by Crippen LogP contribution is 2.03. The molecule has 2 atom stereocenters. The van der Waals surface area contributed by atoms with Gasteiger partial charge in [0.2, 0.25) is 0 Å². The summed E-state index contributed by atoms with van der Waals surface area (Å²) in [6.07, 6.45) is 0.500. The molecule has 0 aliphatic heterocycles. The lowest BCUT2D eigenvalue weighted by atomic mass is 10.1. The van der Waals surface area contributed by atoms with Crippen LogP contribution < -0.4 is 11.5 Å². The lowest BCUT2D eigenvalue weighted by Crippen LogP contribution is -2.32. The molecule has 0 radical (unpaired) electrons. The predicted octanol–water partition coefficient (Wildman–Crippen LogP) is 1.37. The van der Waals surface area contributed by atoms with E-state index in [1.165, 1.54) is 0 Å². The summed E-state index contributed by atoms with van der Waals surface area (Å²) in [5, 5.41) is 16.8. The van der Waals surface area contributed by atoms with Crippen molar-refractivity contribution in [2.24, 2.45) is 17.4 Å². The van der Waals surface area contributed by atoms with E-state index in [1.54, 1.807) is 0 Å². The summed E-state index contributed by atoms with van der Waals surface area (Å²) in [6, 6.07) is 7.64. The minimum atomic E-state index is -0.976. The third kappa shape index (κ3) is 12.0. The number of nitrogens with two attached hydrogens (primary N) is 2. The molecule has 0 heterocycles. The molecule has 1 aromatic rings. The van der Waals surface area contributed by atoms with Crippen LogP contribution in [0.5, 0.6) is 0 Å². The van der Waals surface area contributed by atoms with Crippen molar-refractivity contribution in [1.82, 2.24) is 0 Å². The Kier molecular flexibility index (Phi) is 11.6. The number of hydrogen-bond acceptors (Lipinski definition) is 6. The Morgan fingerprint density at radius 1 is 1.04 bits per heavy atom. The molecular weight excluding hydrogens is 340 g/mol. The summed E-state index contributed by atoms with van der Waals surface area (Å²) < 4.78 is 4.97. The molecule has 0 saturated heterocycles. The first kappa shape index (κ1) is 23.5. The van der Waals surface area contributed by atoms with Crippen molar-refractivity contribution in [3.8, 4) is 0 Å². The summed E-state index contributed by atoms with van der Waals surface area (Å²) >= 11 is 0. The van der Waals surface area contributed by atoms with Gasteiger partial charge in [0.25, 0.3) is 0 Å². The minimum Gasteiger partial charge on any atom is -0.481 e. The Morgan fingerprint density at radius 3 is 2.04 bits per heavy atom. The van der Waals surface area contributed by atoms with Crippen LogP contribution in [0.1, 0.15) is 38.7 Å². The van der Waals surface area contributed by atoms with Gasteiger partial charge < -0.3 is 26.4 Å². The molecule has 1 aromatic carbocycles. The van der Waals surface area contributed by atoms with Crippen LogP contribution >= 0.6 is 0 Å². The Morgan fingerprint density at radius 2 is 1.62 bits per heavy atom. The van der Waals surface area contributed by atoms with Crippen molar-refractivity contribution >= 4 is 17.9 Å². The lowest BCUT2D eigenvalue weighted by molar-refractivity contribution is -0.147. The van der Waals surface area contributed by atoms with Crippen LogP contribution in [0, 0.1) is 5.92 Å². The van der Waals surface area contributed by atoms with Crippen molar-refractivity contribution in [2.45, 2.75) is 51.8 Å². The van der Waals surface area contributed by atoms with Gasteiger partial charge in [-0.05, 0) is 24.3 Å². The van der Waals surface area contributed by atoms with E-state index < -0.39 is 30.0 Å². The quantitative estimate of drug-likeness (QED) is 0.477. The molecule has 0 spiro atoms. The van der Waals surface area contributed by atoms with Crippen LogP contribution in [-0.4, -0.2) is 40.2 Å². The number of carboxylic acid groups (broad SMARTS) is 2. The number of carboxylic acids is 2. The number of carbonyl (C=O) groups excluding carboxylic acids is 1. The predicted molar refractivity (Wildman–Crippen MR) is 96.1 cm³/mol. The van der Waals surface area contributed by atoms with E-state index in [9.17, 15) is 14.4 Å². The summed E-state index contributed by atoms with van der Waals surface area (Å²) in [4.78, 5) is 31.8. The van der Waals surface area contributed by atoms with E-state index in [0.717, 1.165) is 5.56 Å². The van der Waals surface area contributed by atoms with E-state index in [2.05, 4.69) is 0 Å². The second-order valence-electron chi connectivity index (χ2n) is 6.21. The molecule has 8 nitrogen and oxygen atoms in total. The second kappa shape index (κ2) is 12.8. The highest BCUT2D eigenvalue weighted by atomic mass is 16.5. The molecule has 8 heteroatoms. The van der Waals surface area contributed by atoms with Gasteiger partial charge in [-0.15, -0.1) is 0 Å². The number of rotatable bonds is 9. The average Bonchev–Trinajstić information content (AvgIpc) is 2.58. The Labute approximate surface area is 153 Å². The van der Waals surface area contributed by atoms with Gasteiger partial charge in [0.1, 0.15) is 18.7 Å². The zero-order valence-corrected chi connectivity index (χ0v) is 15.1. The molecule has 0 unspecified atom stereocenters. The van der Waals surface area contributed by atoms with Crippen molar-refractivity contribution in [3.63, 3.8) is 0 Å². The number of ether oxygens (including phenoxy) is 1. The number of carbonyl (C=O) groups is 3. The number of esters is 1. The van der Waals surface area contributed by atoms with Crippen LogP contribution in [0.15, 0.2) is 30.3 Å². The molecule has 0 bridgehead atoms. The van der Waals surface area contributed by atoms with Gasteiger partial charge in [-0.1, -0.05) is 44.2 Å². The first-order valence-corrected chi connectivity index (χ1v) is 8.29. The van der Waals surface area contributed by atoms with E-state index >= 15 is 0 Å². The van der Waals surface area contributed by atoms with Gasteiger partial charge in [0.15, 0.2) is 0 Å². The topological polar surface area (TPSA) is 153 Å². The fraction of sp³-hybridized carbons (Fsp3) is 0.500. The molecule has 0 saturated carbocycles. The van der Waals surface area contributed by atoms with Crippen LogP contribution in [0.4, 0.5) is 0 Å². The zero-order valence-electron chi connectivity index (χ0n) is 15.1. The van der Waals surface area contributed by atoms with E-state index in [0.29, 0.717) is 12.3 Å². The van der Waals surface area contributed by atoms with Gasteiger partial charge in [-0.3, -0.25) is 14.4 Å². The van der Waals surface area contributed by atoms with Gasteiger partial charge >= 0.3 is 17.9 Å². The van der Waals surface area contributed by atoms with Crippen LogP contribution in [0.25, 0.3) is 0 Å². The lowest BCUT2D eigenvalue weighted by Gasteiger charge is -2.10. The first-order valence-electron chi connectivity index (χ1n) is 8.29. The summed E-state index contributed by atoms with van der Waals surface area (Å²) in [6.45, 7) is 4.05. The third-order valence-electron chi connectivity index (χ3n) is 3.24. The smallest absolute Gasteiger partial charge is 0.323 e. The number of aliphatic carboxylic acids is 2. The van der Waals surface area contributed by atoms with Gasteiger partial charge in [-0.25, -0.2) is 0 Å². The summed E-state index contributed by atoms with van der Waals surface area (Å²) in [7, 11) is 0. The van der Waals surface area contributed by atoms with Gasteiger partial charge in [0.05, 0.1) is 0 Å². The fourth-order valence-electron chi connectivity index (χ4n) is 1.84. The maximum Gasteiger partial charge on any atom is 0.323 e. The highest BCUT2D eigenvalue weighted by Gasteiger charge is 2.16. The van der Waals surface area contributed by atoms with Crippen LogP contribution in [0.2, 0.25) is 0 Å². The molecule has 1 rings (SSSR count). The van der Waals surface area contributed by atoms with Gasteiger partial charge in [0, 0.05) is 6.42 Å². The molecule has 0 aromatic heterocycles. The second-order valence-corrected chi connectivity index (χ2v) is 6.21. The normalized spacial score (nSPS) is 12.5. The summed E-state index contributed by atoms with van der Waals surface area (Å²) in [5.74, 6) is -2.11.